The smallest absolute Gasteiger partial charge is 0.341 e. The van der Waals surface area contributed by atoms with Gasteiger partial charge in [-0.1, -0.05) is 48.5 Å². The molecule has 0 amide bonds. The van der Waals surface area contributed by atoms with Crippen molar-refractivity contribution in [2.24, 2.45) is 0 Å². The number of carboxylic acid groups (broad SMARTS) is 1. The number of rotatable bonds is 5. The predicted molar refractivity (Wildman–Crippen MR) is 111 cm³/mol. The molecule has 0 saturated carbocycles. The highest BCUT2D eigenvalue weighted by molar-refractivity contribution is 5.95. The molecule has 3 aromatic heterocycles. The molecule has 10 nitrogen and oxygen atoms in total. The average Bonchev–Trinajstić information content (AvgIpc) is 3.43. The summed E-state index contributed by atoms with van der Waals surface area (Å²) in [6.07, 6.45) is 1.61. The van der Waals surface area contributed by atoms with Crippen molar-refractivity contribution in [2.75, 3.05) is 0 Å². The first-order valence-corrected chi connectivity index (χ1v) is 9.36. The van der Waals surface area contributed by atoms with Crippen LogP contribution in [0.4, 0.5) is 0 Å². The number of carbonyl (C=O) groups is 1. The summed E-state index contributed by atoms with van der Waals surface area (Å²) in [6.45, 7) is 0. The lowest BCUT2D eigenvalue weighted by atomic mass is 9.97. The molecule has 0 saturated heterocycles. The fourth-order valence-corrected chi connectivity index (χ4v) is 3.58. The van der Waals surface area contributed by atoms with Gasteiger partial charge in [0.05, 0.1) is 5.69 Å². The first-order valence-electron chi connectivity index (χ1n) is 9.36. The number of aromatic carboxylic acids is 1. The zero-order chi connectivity index (χ0) is 21.4. The number of H-pyrrole nitrogens is 2. The van der Waals surface area contributed by atoms with E-state index in [0.717, 1.165) is 26.8 Å². The Morgan fingerprint density at radius 2 is 1.81 bits per heavy atom. The van der Waals surface area contributed by atoms with E-state index in [0.29, 0.717) is 17.9 Å². The number of benzene rings is 2. The number of hydrogen-bond donors (Lipinski definition) is 3. The molecular weight excluding hydrogens is 398 g/mol. The first-order chi connectivity index (χ1) is 15.1. The van der Waals surface area contributed by atoms with E-state index in [1.165, 1.54) is 12.3 Å². The fourth-order valence-electron chi connectivity index (χ4n) is 3.58. The van der Waals surface area contributed by atoms with Gasteiger partial charge in [-0.05, 0) is 21.9 Å². The lowest BCUT2D eigenvalue weighted by Crippen LogP contribution is -2.13. The SMILES string of the molecule is O=C(O)c1c(Cc2ccc(-c3ccccc3-c3nn[nH]n3)cc2)[nH]n2c(=O)ccnc12. The number of nitrogens with one attached hydrogen (secondary N) is 2. The van der Waals surface area contributed by atoms with E-state index in [2.05, 4.69) is 30.7 Å². The van der Waals surface area contributed by atoms with Gasteiger partial charge in [-0.3, -0.25) is 9.89 Å². The van der Waals surface area contributed by atoms with Crippen LogP contribution in [0, 0.1) is 0 Å². The molecule has 0 unspecified atom stereocenters. The highest BCUT2D eigenvalue weighted by Crippen LogP contribution is 2.30. The zero-order valence-corrected chi connectivity index (χ0v) is 16.0. The number of nitrogens with zero attached hydrogens (tertiary/aromatic N) is 5. The number of aromatic amines is 2. The van der Waals surface area contributed by atoms with Crippen LogP contribution >= 0.6 is 0 Å². The van der Waals surface area contributed by atoms with Gasteiger partial charge in [0, 0.05) is 24.2 Å². The minimum Gasteiger partial charge on any atom is -0.477 e. The Labute approximate surface area is 174 Å². The van der Waals surface area contributed by atoms with Crippen molar-refractivity contribution in [1.29, 1.82) is 0 Å². The second-order valence-corrected chi connectivity index (χ2v) is 6.87. The largest absolute Gasteiger partial charge is 0.477 e. The number of aromatic nitrogens is 7. The molecule has 0 bridgehead atoms. The zero-order valence-electron chi connectivity index (χ0n) is 16.0. The quantitative estimate of drug-likeness (QED) is 0.401. The van der Waals surface area contributed by atoms with Crippen molar-refractivity contribution < 1.29 is 9.90 Å². The molecule has 3 N–H and O–H groups in total. The van der Waals surface area contributed by atoms with Crippen molar-refractivity contribution in [2.45, 2.75) is 6.42 Å². The van der Waals surface area contributed by atoms with Gasteiger partial charge in [0.2, 0.25) is 5.82 Å². The summed E-state index contributed by atoms with van der Waals surface area (Å²) in [6, 6.07) is 16.7. The standard InChI is InChI=1S/C21H15N7O3/c29-17-9-10-22-20-18(21(30)31)16(25-28(17)20)11-12-5-7-13(8-6-12)14-3-1-2-4-15(14)19-23-26-27-24-19/h1-10,25H,11H2,(H,30,31)(H,23,24,26,27). The molecule has 10 heteroatoms. The van der Waals surface area contributed by atoms with Gasteiger partial charge in [-0.2, -0.15) is 5.21 Å². The Morgan fingerprint density at radius 1 is 1.03 bits per heavy atom. The molecule has 0 aliphatic carbocycles. The highest BCUT2D eigenvalue weighted by atomic mass is 16.4. The van der Waals surface area contributed by atoms with Crippen LogP contribution in [0.5, 0.6) is 0 Å². The summed E-state index contributed by atoms with van der Waals surface area (Å²) in [7, 11) is 0. The van der Waals surface area contributed by atoms with Crippen LogP contribution in [0.3, 0.4) is 0 Å². The van der Waals surface area contributed by atoms with Crippen LogP contribution in [-0.2, 0) is 6.42 Å². The summed E-state index contributed by atoms with van der Waals surface area (Å²) < 4.78 is 1.15. The lowest BCUT2D eigenvalue weighted by Gasteiger charge is -2.08. The van der Waals surface area contributed by atoms with E-state index in [9.17, 15) is 14.7 Å². The Hall–Kier alpha value is -4.60. The van der Waals surface area contributed by atoms with E-state index in [1.807, 2.05) is 48.5 Å². The third-order valence-corrected chi connectivity index (χ3v) is 4.99. The Kier molecular flexibility index (Phi) is 4.36. The number of tetrazole rings is 1. The topological polar surface area (TPSA) is 142 Å². The maximum absolute atomic E-state index is 12.0. The molecule has 0 radical (unpaired) electrons. The van der Waals surface area contributed by atoms with E-state index in [1.54, 1.807) is 0 Å². The van der Waals surface area contributed by atoms with E-state index < -0.39 is 5.97 Å². The van der Waals surface area contributed by atoms with E-state index in [-0.39, 0.29) is 16.8 Å². The molecule has 0 atom stereocenters. The van der Waals surface area contributed by atoms with Crippen LogP contribution in [0.1, 0.15) is 21.6 Å². The van der Waals surface area contributed by atoms with Gasteiger partial charge in [-0.15, -0.1) is 10.2 Å². The number of fused-ring (bicyclic) bond motifs is 1. The summed E-state index contributed by atoms with van der Waals surface area (Å²) in [5, 5.41) is 26.7. The van der Waals surface area contributed by atoms with Crippen LogP contribution in [0.25, 0.3) is 28.2 Å². The summed E-state index contributed by atoms with van der Waals surface area (Å²) in [4.78, 5) is 27.9. The molecule has 5 rings (SSSR count). The molecule has 0 spiro atoms. The normalized spacial score (nSPS) is 11.1. The molecule has 3 heterocycles. The fraction of sp³-hybridized carbons (Fsp3) is 0.0476. The maximum Gasteiger partial charge on any atom is 0.341 e. The van der Waals surface area contributed by atoms with Crippen LogP contribution in [-0.4, -0.2) is 46.3 Å². The van der Waals surface area contributed by atoms with Crippen molar-refractivity contribution in [3.05, 3.63) is 88.0 Å². The first kappa shape index (κ1) is 18.4. The van der Waals surface area contributed by atoms with Crippen molar-refractivity contribution >= 4 is 11.6 Å². The average molecular weight is 413 g/mol. The van der Waals surface area contributed by atoms with Crippen LogP contribution in [0.2, 0.25) is 0 Å². The maximum atomic E-state index is 12.0. The van der Waals surface area contributed by atoms with Gasteiger partial charge in [0.1, 0.15) is 5.56 Å². The summed E-state index contributed by atoms with van der Waals surface area (Å²) in [5.74, 6) is -0.640. The Morgan fingerprint density at radius 3 is 2.52 bits per heavy atom. The number of carboxylic acids is 1. The van der Waals surface area contributed by atoms with Gasteiger partial charge >= 0.3 is 5.97 Å². The molecule has 5 aromatic rings. The second-order valence-electron chi connectivity index (χ2n) is 6.87. The van der Waals surface area contributed by atoms with Gasteiger partial charge < -0.3 is 5.11 Å². The molecular formula is C21H15N7O3. The van der Waals surface area contributed by atoms with Crippen LogP contribution in [0.15, 0.2) is 65.6 Å². The predicted octanol–water partition coefficient (Wildman–Crippen LogP) is 2.16. The molecule has 0 aliphatic rings. The lowest BCUT2D eigenvalue weighted by molar-refractivity contribution is 0.0697. The van der Waals surface area contributed by atoms with E-state index >= 15 is 0 Å². The van der Waals surface area contributed by atoms with Gasteiger partial charge in [-0.25, -0.2) is 14.3 Å². The van der Waals surface area contributed by atoms with Crippen LogP contribution < -0.4 is 5.56 Å². The van der Waals surface area contributed by atoms with Crippen molar-refractivity contribution in [1.82, 2.24) is 35.2 Å². The Balaban J connectivity index is 1.51. The highest BCUT2D eigenvalue weighted by Gasteiger charge is 2.20. The van der Waals surface area contributed by atoms with Gasteiger partial charge in [0.25, 0.3) is 5.56 Å². The molecule has 31 heavy (non-hydrogen) atoms. The number of hydrogen-bond acceptors (Lipinski definition) is 6. The minimum absolute atomic E-state index is 0.00997. The minimum atomic E-state index is -1.14. The monoisotopic (exact) mass is 413 g/mol. The third kappa shape index (κ3) is 3.25. The molecule has 0 aliphatic heterocycles. The molecule has 152 valence electrons. The van der Waals surface area contributed by atoms with E-state index in [4.69, 9.17) is 0 Å². The van der Waals surface area contributed by atoms with Crippen molar-refractivity contribution in [3.8, 4) is 22.5 Å². The summed E-state index contributed by atoms with van der Waals surface area (Å²) >= 11 is 0. The van der Waals surface area contributed by atoms with Crippen molar-refractivity contribution in [3.63, 3.8) is 0 Å². The summed E-state index contributed by atoms with van der Waals surface area (Å²) in [5.41, 5.74) is 3.75. The van der Waals surface area contributed by atoms with Gasteiger partial charge in [0.15, 0.2) is 5.65 Å². The third-order valence-electron chi connectivity index (χ3n) is 4.99. The molecule has 2 aromatic carbocycles. The Bertz CT molecular complexity index is 1450. The second kappa shape index (κ2) is 7.34. The molecule has 0 fully saturated rings.